The molecule has 10 aromatic rings. The Morgan fingerprint density at radius 3 is 0.861 bits per heavy atom. The molecule has 5 aliphatic rings. The minimum absolute atomic E-state index is 0.0924. The second-order valence-corrected chi connectivity index (χ2v) is 34.2. The molecular formula is C80H95Cl10N15O10. The summed E-state index contributed by atoms with van der Waals surface area (Å²) < 4.78 is 8.45. The predicted molar refractivity (Wildman–Crippen MR) is 462 cm³/mol. The quantitative estimate of drug-likeness (QED) is 0.0211. The van der Waals surface area contributed by atoms with E-state index >= 15 is 0 Å². The molecule has 0 spiro atoms. The summed E-state index contributed by atoms with van der Waals surface area (Å²) in [6, 6.07) is 6.95. The summed E-state index contributed by atoms with van der Waals surface area (Å²) in [6.45, 7) is 20.4. The van der Waals surface area contributed by atoms with Crippen LogP contribution in [0.25, 0.3) is 54.5 Å². The van der Waals surface area contributed by atoms with Crippen molar-refractivity contribution < 1.29 is 25.5 Å². The Morgan fingerprint density at radius 1 is 0.365 bits per heavy atom. The van der Waals surface area contributed by atoms with Gasteiger partial charge in [-0.3, -0.25) is 56.6 Å². The number of fused-ring (bicyclic) bond motifs is 5. The van der Waals surface area contributed by atoms with Crippen molar-refractivity contribution in [1.82, 2.24) is 73.5 Å². The summed E-state index contributed by atoms with van der Waals surface area (Å²) >= 11 is 60.7. The third kappa shape index (κ3) is 21.4. The highest BCUT2D eigenvalue weighted by molar-refractivity contribution is 6.42. The fourth-order valence-electron chi connectivity index (χ4n) is 13.4. The van der Waals surface area contributed by atoms with Gasteiger partial charge in [0.15, 0.2) is 28.7 Å². The Balaban J connectivity index is 0.000000142. The van der Waals surface area contributed by atoms with Crippen LogP contribution in [0.15, 0.2) is 54.3 Å². The van der Waals surface area contributed by atoms with Crippen LogP contribution in [0.3, 0.4) is 0 Å². The second kappa shape index (κ2) is 39.6. The molecule has 620 valence electrons. The highest BCUT2D eigenvalue weighted by Crippen LogP contribution is 2.42. The third-order valence-corrected chi connectivity index (χ3v) is 23.5. The topological polar surface area (TPSA) is 318 Å². The van der Waals surface area contributed by atoms with E-state index in [0.717, 1.165) is 116 Å². The number of benzene rings is 5. The van der Waals surface area contributed by atoms with Gasteiger partial charge in [-0.25, -0.2) is 24.9 Å². The van der Waals surface area contributed by atoms with Crippen molar-refractivity contribution in [3.8, 4) is 28.7 Å². The summed E-state index contributed by atoms with van der Waals surface area (Å²) in [5, 5.41) is 63.1. The summed E-state index contributed by atoms with van der Waals surface area (Å²) in [5.74, 6) is 4.74. The number of aromatic nitrogens is 10. The summed E-state index contributed by atoms with van der Waals surface area (Å²) in [6.07, 6.45) is 14.4. The van der Waals surface area contributed by atoms with E-state index in [2.05, 4.69) is 71.4 Å². The number of halogens is 10. The van der Waals surface area contributed by atoms with Crippen LogP contribution in [0.2, 0.25) is 50.2 Å². The molecule has 15 rings (SSSR count). The molecule has 25 nitrogen and oxygen atoms in total. The Hall–Kier alpha value is -6.50. The zero-order valence-electron chi connectivity index (χ0n) is 65.0. The molecule has 5 aromatic heterocycles. The molecule has 5 aromatic carbocycles. The Labute approximate surface area is 714 Å². The Bertz CT molecular complexity index is 5600. The van der Waals surface area contributed by atoms with E-state index in [1.807, 2.05) is 20.9 Å². The first-order valence-electron chi connectivity index (χ1n) is 38.9. The third-order valence-electron chi connectivity index (χ3n) is 20.6. The van der Waals surface area contributed by atoms with Crippen molar-refractivity contribution in [2.24, 2.45) is 29.6 Å². The lowest BCUT2D eigenvalue weighted by atomic mass is 10.2. The van der Waals surface area contributed by atoms with Crippen LogP contribution in [0, 0.1) is 29.6 Å². The molecule has 0 aliphatic heterocycles. The van der Waals surface area contributed by atoms with Gasteiger partial charge in [-0.05, 0) is 190 Å². The predicted octanol–water partition coefficient (Wildman–Crippen LogP) is 16.5. The first kappa shape index (κ1) is 89.3. The monoisotopic (exact) mass is 1780 g/mol. The van der Waals surface area contributed by atoms with Crippen molar-refractivity contribution in [2.75, 3.05) is 46.8 Å². The highest BCUT2D eigenvalue weighted by Gasteiger charge is 2.32. The summed E-state index contributed by atoms with van der Waals surface area (Å²) in [5.41, 5.74) is -0.185. The van der Waals surface area contributed by atoms with Gasteiger partial charge < -0.3 is 41.5 Å². The molecule has 5 fully saturated rings. The maximum atomic E-state index is 13.2. The van der Waals surface area contributed by atoms with Crippen LogP contribution in [0.4, 0.5) is 0 Å². The molecule has 0 unspecified atom stereocenters. The molecule has 5 saturated carbocycles. The number of phenols is 5. The van der Waals surface area contributed by atoms with Gasteiger partial charge in [0, 0.05) is 32.7 Å². The zero-order valence-corrected chi connectivity index (χ0v) is 72.6. The minimum Gasteiger partial charge on any atom is -0.504 e. The number of aromatic hydroxyl groups is 5. The van der Waals surface area contributed by atoms with Crippen LogP contribution in [0.5, 0.6) is 28.7 Å². The van der Waals surface area contributed by atoms with E-state index in [-0.39, 0.29) is 161 Å². The van der Waals surface area contributed by atoms with E-state index < -0.39 is 0 Å². The number of phenolic OH excluding ortho intramolecular Hbond substituents is 5. The molecule has 5 aliphatic carbocycles. The number of hydrogen-bond donors (Lipinski definition) is 8. The van der Waals surface area contributed by atoms with E-state index in [1.54, 1.807) is 29.9 Å². The molecule has 115 heavy (non-hydrogen) atoms. The van der Waals surface area contributed by atoms with Crippen molar-refractivity contribution in [1.29, 1.82) is 0 Å². The van der Waals surface area contributed by atoms with Crippen LogP contribution >= 0.6 is 116 Å². The smallest absolute Gasteiger partial charge is 0.263 e. The summed E-state index contributed by atoms with van der Waals surface area (Å²) in [4.78, 5) is 91.4. The van der Waals surface area contributed by atoms with Gasteiger partial charge in [-0.15, -0.1) is 0 Å². The van der Waals surface area contributed by atoms with Gasteiger partial charge in [0.2, 0.25) is 0 Å². The average Bonchev–Trinajstić information content (AvgIpc) is 1.67. The van der Waals surface area contributed by atoms with Gasteiger partial charge in [0.1, 0.15) is 56.7 Å². The molecular weight excluding hydrogens is 1690 g/mol. The highest BCUT2D eigenvalue weighted by atomic mass is 35.5. The van der Waals surface area contributed by atoms with Gasteiger partial charge in [-0.2, -0.15) is 0 Å². The number of nitrogens with zero attached hydrogens (tertiary/aromatic N) is 12. The number of hydrogen-bond acceptors (Lipinski definition) is 20. The van der Waals surface area contributed by atoms with E-state index in [9.17, 15) is 49.5 Å². The van der Waals surface area contributed by atoms with E-state index in [0.29, 0.717) is 124 Å². The summed E-state index contributed by atoms with van der Waals surface area (Å²) in [7, 11) is 3.74. The van der Waals surface area contributed by atoms with Gasteiger partial charge >= 0.3 is 0 Å². The lowest BCUT2D eigenvalue weighted by Crippen LogP contribution is -2.32. The van der Waals surface area contributed by atoms with Crippen LogP contribution in [0.1, 0.15) is 147 Å². The van der Waals surface area contributed by atoms with Crippen LogP contribution in [-0.4, -0.2) is 130 Å². The van der Waals surface area contributed by atoms with Gasteiger partial charge in [0.05, 0.1) is 110 Å². The maximum Gasteiger partial charge on any atom is 0.263 e. The Kier molecular flexibility index (Phi) is 30.7. The average molecular weight is 1780 g/mol. The minimum atomic E-state index is -0.228. The van der Waals surface area contributed by atoms with Crippen LogP contribution in [-0.2, 0) is 65.4 Å². The SMILES string of the molecule is CCCN(CCC)Cc1nc2c(O)c(Cl)cc(Cl)c2c(=O)n1CC1CC1.CCCNCc1nc2c(O)c(Cl)cc(Cl)c2c(=O)n1CC1CC1.CCN(C)Cc1nc2c(O)c(Cl)cc(Cl)c2c(=O)n1CC1CC1.CCNCc1nc2c(O)c(Cl)cc(Cl)c2c(=O)n1CC1CC1.CNCc1nc2c(O)c(Cl)cc(Cl)c2c(=O)n1CC1CC1. The van der Waals surface area contributed by atoms with Crippen molar-refractivity contribution in [2.45, 2.75) is 184 Å². The lowest BCUT2D eigenvalue weighted by Gasteiger charge is -2.23. The Morgan fingerprint density at radius 2 is 0.617 bits per heavy atom. The fraction of sp³-hybridized carbons (Fsp3) is 0.500. The second-order valence-electron chi connectivity index (χ2n) is 30.1. The van der Waals surface area contributed by atoms with Crippen LogP contribution < -0.4 is 43.7 Å². The molecule has 8 N–H and O–H groups in total. The van der Waals surface area contributed by atoms with Crippen molar-refractivity contribution >= 4 is 171 Å². The standard InChI is InChI=1S/C19H25Cl2N3O2.2C16H19Cl2N3O2.C15H17Cl2N3O2.C14H15Cl2N3O2/c1-3-7-23(8-4-2)11-15-22-17-16(13(20)9-14(21)18(17)25)19(26)24(15)10-12-5-6-12;1-3-20(2)8-12-19-14-13(10(17)6-11(18)15(14)22)16(23)21(12)7-9-4-5-9;1-2-5-19-7-12-20-14-13(10(17)6-11(18)15(14)22)16(23)21(12)8-9-3-4-9;1-2-18-6-11-19-13-12(9(16)5-10(17)14(13)21)15(22)20(11)7-8-3-4-8;1-17-5-10-18-12-11(8(15)4-9(16)13(12)20)14(21)19(10)6-7-2-3-7/h9,12,25H,3-8,10-11H2,1-2H3;6,9,22H,3-5,7-8H2,1-2H3;6,9,19,22H,2-5,7-8H2,1H3;5,8,18,21H,2-4,6-7H2,1H3;4,7,17,20H,2-3,5-6H2,1H3. The normalized spacial score (nSPS) is 14.7. The molecule has 0 saturated heterocycles. The first-order valence-corrected chi connectivity index (χ1v) is 42.7. The number of rotatable bonds is 28. The van der Waals surface area contributed by atoms with E-state index in [4.69, 9.17) is 116 Å². The number of nitrogens with one attached hydrogen (secondary N) is 3. The lowest BCUT2D eigenvalue weighted by molar-refractivity contribution is 0.254. The fourth-order valence-corrected chi connectivity index (χ4v) is 16.0. The van der Waals surface area contributed by atoms with Crippen molar-refractivity contribution in [3.63, 3.8) is 0 Å². The largest absolute Gasteiger partial charge is 0.504 e. The molecule has 35 heteroatoms. The molecule has 0 atom stereocenters. The molecule has 0 radical (unpaired) electrons. The zero-order chi connectivity index (χ0) is 83.1. The molecule has 0 bridgehead atoms. The first-order chi connectivity index (χ1) is 54.9. The maximum absolute atomic E-state index is 13.2. The van der Waals surface area contributed by atoms with Gasteiger partial charge in [-0.1, -0.05) is 151 Å². The van der Waals surface area contributed by atoms with Crippen molar-refractivity contribution in [3.05, 3.63) is 161 Å². The molecule has 0 amide bonds. The molecule has 5 heterocycles. The van der Waals surface area contributed by atoms with Gasteiger partial charge in [0.25, 0.3) is 27.8 Å². The van der Waals surface area contributed by atoms with E-state index in [1.165, 1.54) is 30.3 Å².